The number of carbonyl (C=O) groups excluding carboxylic acids is 2. The summed E-state index contributed by atoms with van der Waals surface area (Å²) >= 11 is 1.63. The normalized spacial score (nSPS) is 14.4. The summed E-state index contributed by atoms with van der Waals surface area (Å²) in [6.45, 7) is 2.08. The molecule has 2 amide bonds. The lowest BCUT2D eigenvalue weighted by molar-refractivity contribution is -0.136. The van der Waals surface area contributed by atoms with Crippen LogP contribution >= 0.6 is 11.3 Å². The quantitative estimate of drug-likeness (QED) is 0.581. The number of para-hydroxylation sites is 2. The number of hydrogen-bond acceptors (Lipinski definition) is 5. The van der Waals surface area contributed by atoms with Gasteiger partial charge in [0.25, 0.3) is 0 Å². The second-order valence-corrected chi connectivity index (χ2v) is 8.21. The lowest BCUT2D eigenvalue weighted by Gasteiger charge is -2.35. The molecule has 0 aliphatic carbocycles. The van der Waals surface area contributed by atoms with E-state index in [9.17, 15) is 9.59 Å². The Bertz CT molecular complexity index is 1050. The van der Waals surface area contributed by atoms with Crippen LogP contribution < -0.4 is 15.4 Å². The highest BCUT2D eigenvalue weighted by Gasteiger charge is 2.26. The molecule has 3 aromatic rings. The maximum Gasteiger partial charge on any atom is 0.313 e. The van der Waals surface area contributed by atoms with Gasteiger partial charge in [-0.2, -0.15) is 11.3 Å². The number of amides is 2. The van der Waals surface area contributed by atoms with Gasteiger partial charge in [-0.15, -0.1) is 0 Å². The monoisotopic (exact) mass is 435 g/mol. The first kappa shape index (κ1) is 21.1. The van der Waals surface area contributed by atoms with Crippen molar-refractivity contribution >= 4 is 28.8 Å². The largest absolute Gasteiger partial charge is 0.495 e. The summed E-state index contributed by atoms with van der Waals surface area (Å²) in [4.78, 5) is 27.3. The Balaban J connectivity index is 1.42. The zero-order valence-electron chi connectivity index (χ0n) is 17.3. The number of carbonyl (C=O) groups is 2. The van der Waals surface area contributed by atoms with E-state index in [0.29, 0.717) is 18.0 Å². The molecular weight excluding hydrogens is 410 g/mol. The maximum atomic E-state index is 12.5. The van der Waals surface area contributed by atoms with Crippen LogP contribution in [0.1, 0.15) is 22.7 Å². The van der Waals surface area contributed by atoms with E-state index in [1.165, 1.54) is 18.2 Å². The van der Waals surface area contributed by atoms with Crippen LogP contribution in [0.4, 0.5) is 5.69 Å². The summed E-state index contributed by atoms with van der Waals surface area (Å²) in [7, 11) is 1.52. The van der Waals surface area contributed by atoms with Gasteiger partial charge in [-0.1, -0.05) is 36.4 Å². The average molecular weight is 436 g/mol. The molecule has 0 bridgehead atoms. The van der Waals surface area contributed by atoms with E-state index in [-0.39, 0.29) is 6.04 Å². The Morgan fingerprint density at radius 2 is 1.84 bits per heavy atom. The number of fused-ring (bicyclic) bond motifs is 1. The van der Waals surface area contributed by atoms with E-state index in [1.54, 1.807) is 35.6 Å². The van der Waals surface area contributed by atoms with Crippen molar-refractivity contribution in [1.82, 2.24) is 10.2 Å². The van der Waals surface area contributed by atoms with E-state index in [2.05, 4.69) is 51.2 Å². The lowest BCUT2D eigenvalue weighted by atomic mass is 9.97. The predicted octanol–water partition coefficient (Wildman–Crippen LogP) is 3.61. The fourth-order valence-electron chi connectivity index (χ4n) is 3.90. The molecule has 2 heterocycles. The first-order valence-corrected chi connectivity index (χ1v) is 11.1. The van der Waals surface area contributed by atoms with E-state index >= 15 is 0 Å². The van der Waals surface area contributed by atoms with Gasteiger partial charge in [-0.25, -0.2) is 0 Å². The number of anilines is 1. The van der Waals surface area contributed by atoms with Gasteiger partial charge in [0, 0.05) is 19.6 Å². The summed E-state index contributed by atoms with van der Waals surface area (Å²) in [5.74, 6) is -0.868. The van der Waals surface area contributed by atoms with Crippen molar-refractivity contribution in [2.75, 3.05) is 25.5 Å². The predicted molar refractivity (Wildman–Crippen MR) is 122 cm³/mol. The highest BCUT2D eigenvalue weighted by molar-refractivity contribution is 7.08. The number of nitrogens with one attached hydrogen (secondary N) is 2. The number of benzene rings is 2. The Labute approximate surface area is 185 Å². The molecule has 7 heteroatoms. The molecule has 0 saturated carbocycles. The zero-order chi connectivity index (χ0) is 21.6. The summed E-state index contributed by atoms with van der Waals surface area (Å²) in [6.07, 6.45) is 0.971. The molecule has 31 heavy (non-hydrogen) atoms. The van der Waals surface area contributed by atoms with E-state index in [1.807, 2.05) is 5.38 Å². The Kier molecular flexibility index (Phi) is 6.64. The minimum Gasteiger partial charge on any atom is -0.495 e. The molecule has 1 unspecified atom stereocenters. The Hall–Kier alpha value is -3.16. The molecule has 0 fully saturated rings. The van der Waals surface area contributed by atoms with Crippen LogP contribution in [0, 0.1) is 0 Å². The first-order valence-electron chi connectivity index (χ1n) is 10.2. The van der Waals surface area contributed by atoms with Crippen molar-refractivity contribution in [3.05, 3.63) is 82.0 Å². The molecule has 0 spiro atoms. The van der Waals surface area contributed by atoms with Gasteiger partial charge in [-0.05, 0) is 52.1 Å². The molecule has 0 radical (unpaired) electrons. The molecule has 1 aliphatic heterocycles. The minimum absolute atomic E-state index is 0.00242. The third-order valence-corrected chi connectivity index (χ3v) is 6.25. The van der Waals surface area contributed by atoms with E-state index < -0.39 is 11.8 Å². The number of nitrogens with zero attached hydrogens (tertiary/aromatic N) is 1. The smallest absolute Gasteiger partial charge is 0.313 e. The molecule has 1 aliphatic rings. The molecule has 2 aromatic carbocycles. The van der Waals surface area contributed by atoms with Crippen LogP contribution in [0.15, 0.2) is 65.4 Å². The summed E-state index contributed by atoms with van der Waals surface area (Å²) in [6, 6.07) is 17.6. The van der Waals surface area contributed by atoms with Gasteiger partial charge in [0.1, 0.15) is 5.75 Å². The zero-order valence-corrected chi connectivity index (χ0v) is 18.2. The van der Waals surface area contributed by atoms with Crippen LogP contribution in [-0.2, 0) is 22.6 Å². The number of rotatable bonds is 6. The van der Waals surface area contributed by atoms with Crippen LogP contribution in [0.3, 0.4) is 0 Å². The van der Waals surface area contributed by atoms with Crippen molar-refractivity contribution in [1.29, 1.82) is 0 Å². The number of methoxy groups -OCH3 is 1. The van der Waals surface area contributed by atoms with Gasteiger partial charge < -0.3 is 15.4 Å². The maximum absolute atomic E-state index is 12.5. The Morgan fingerprint density at radius 3 is 2.61 bits per heavy atom. The number of ether oxygens (including phenoxy) is 1. The van der Waals surface area contributed by atoms with Crippen molar-refractivity contribution in [2.45, 2.75) is 19.0 Å². The van der Waals surface area contributed by atoms with Crippen molar-refractivity contribution in [2.24, 2.45) is 0 Å². The second kappa shape index (κ2) is 9.76. The van der Waals surface area contributed by atoms with Gasteiger partial charge >= 0.3 is 11.8 Å². The highest BCUT2D eigenvalue weighted by atomic mass is 32.1. The van der Waals surface area contributed by atoms with Crippen molar-refractivity contribution in [3.8, 4) is 5.75 Å². The van der Waals surface area contributed by atoms with Crippen LogP contribution in [0.5, 0.6) is 5.75 Å². The molecule has 1 aromatic heterocycles. The van der Waals surface area contributed by atoms with E-state index in [0.717, 1.165) is 25.1 Å². The average Bonchev–Trinajstić information content (AvgIpc) is 3.34. The van der Waals surface area contributed by atoms with E-state index in [4.69, 9.17) is 4.74 Å². The third-order valence-electron chi connectivity index (χ3n) is 5.55. The van der Waals surface area contributed by atoms with Gasteiger partial charge in [0.2, 0.25) is 0 Å². The van der Waals surface area contributed by atoms with Gasteiger partial charge in [0.15, 0.2) is 0 Å². The van der Waals surface area contributed by atoms with Gasteiger partial charge in [-0.3, -0.25) is 14.5 Å². The van der Waals surface area contributed by atoms with Crippen molar-refractivity contribution < 1.29 is 14.3 Å². The minimum atomic E-state index is -0.711. The molecular formula is C24H25N3O3S. The standard InChI is InChI=1S/C24H25N3O3S/c1-30-22-9-5-4-8-20(22)26-24(29)23(28)25-14-21(19-11-13-31-16-19)27-12-10-17-6-2-3-7-18(17)15-27/h2-9,11,13,16,21H,10,12,14-15H2,1H3,(H,25,28)(H,26,29). The molecule has 2 N–H and O–H groups in total. The Morgan fingerprint density at radius 1 is 1.06 bits per heavy atom. The van der Waals surface area contributed by atoms with Gasteiger partial charge in [0.05, 0.1) is 18.8 Å². The summed E-state index contributed by atoms with van der Waals surface area (Å²) < 4.78 is 5.23. The molecule has 6 nitrogen and oxygen atoms in total. The summed E-state index contributed by atoms with van der Waals surface area (Å²) in [5, 5.41) is 9.59. The lowest BCUT2D eigenvalue weighted by Crippen LogP contribution is -2.43. The fraction of sp³-hybridized carbons (Fsp3) is 0.250. The van der Waals surface area contributed by atoms with Crippen LogP contribution in [0.2, 0.25) is 0 Å². The first-order chi connectivity index (χ1) is 15.2. The molecule has 0 saturated heterocycles. The molecule has 1 atom stereocenters. The summed E-state index contributed by atoms with van der Waals surface area (Å²) in [5.41, 5.74) is 4.30. The second-order valence-electron chi connectivity index (χ2n) is 7.43. The topological polar surface area (TPSA) is 70.7 Å². The molecule has 160 valence electrons. The van der Waals surface area contributed by atoms with Crippen LogP contribution in [-0.4, -0.2) is 36.9 Å². The number of hydrogen-bond donors (Lipinski definition) is 2. The van der Waals surface area contributed by atoms with Crippen LogP contribution in [0.25, 0.3) is 0 Å². The highest BCUT2D eigenvalue weighted by Crippen LogP contribution is 2.29. The van der Waals surface area contributed by atoms with Crippen molar-refractivity contribution in [3.63, 3.8) is 0 Å². The molecule has 4 rings (SSSR count). The third kappa shape index (κ3) is 4.95. The number of thiophene rings is 1. The fourth-order valence-corrected chi connectivity index (χ4v) is 4.61. The SMILES string of the molecule is COc1ccccc1NC(=O)C(=O)NCC(c1ccsc1)N1CCc2ccccc2C1.